The van der Waals surface area contributed by atoms with E-state index in [1.807, 2.05) is 11.4 Å². The van der Waals surface area contributed by atoms with E-state index in [4.69, 9.17) is 0 Å². The maximum atomic E-state index is 12.8. The number of hydrogen-bond acceptors (Lipinski definition) is 5. The molecule has 27 heavy (non-hydrogen) atoms. The summed E-state index contributed by atoms with van der Waals surface area (Å²) in [6.07, 6.45) is 1.14. The molecular formula is C18H21N3O4S2. The largest absolute Gasteiger partial charge is 0.349 e. The van der Waals surface area contributed by atoms with Crippen LogP contribution in [0.3, 0.4) is 0 Å². The summed E-state index contributed by atoms with van der Waals surface area (Å²) in [5, 5.41) is 7.43. The van der Waals surface area contributed by atoms with E-state index in [0.717, 1.165) is 0 Å². The molecule has 1 aliphatic heterocycles. The topological polar surface area (TPSA) is 95.6 Å². The van der Waals surface area contributed by atoms with Crippen molar-refractivity contribution in [3.8, 4) is 0 Å². The van der Waals surface area contributed by atoms with Crippen LogP contribution in [0, 0.1) is 0 Å². The summed E-state index contributed by atoms with van der Waals surface area (Å²) in [5.41, 5.74) is 0.552. The minimum Gasteiger partial charge on any atom is -0.349 e. The van der Waals surface area contributed by atoms with Gasteiger partial charge >= 0.3 is 0 Å². The number of benzene rings is 1. The van der Waals surface area contributed by atoms with Crippen molar-refractivity contribution in [2.45, 2.75) is 30.7 Å². The second kappa shape index (κ2) is 8.20. The Hall–Kier alpha value is -2.23. The van der Waals surface area contributed by atoms with Crippen molar-refractivity contribution in [3.05, 3.63) is 46.7 Å². The summed E-state index contributed by atoms with van der Waals surface area (Å²) in [6.45, 7) is 2.10. The SMILES string of the molecule is CC(=O)Nc1ccc(S(=O)(=O)N2CCC(NC(=O)c3cccs3)CC2)cc1. The Kier molecular flexibility index (Phi) is 5.93. The van der Waals surface area contributed by atoms with Gasteiger partial charge in [0, 0.05) is 31.7 Å². The van der Waals surface area contributed by atoms with Gasteiger partial charge in [0.15, 0.2) is 0 Å². The van der Waals surface area contributed by atoms with E-state index in [1.54, 1.807) is 18.2 Å². The van der Waals surface area contributed by atoms with E-state index < -0.39 is 10.0 Å². The normalized spacial score (nSPS) is 16.0. The highest BCUT2D eigenvalue weighted by atomic mass is 32.2. The molecule has 0 atom stereocenters. The first-order valence-corrected chi connectivity index (χ1v) is 10.9. The highest BCUT2D eigenvalue weighted by Gasteiger charge is 2.30. The standard InChI is InChI=1S/C18H21N3O4S2/c1-13(22)19-14-4-6-16(7-5-14)27(24,25)21-10-8-15(9-11-21)20-18(23)17-3-2-12-26-17/h2-7,12,15H,8-11H2,1H3,(H,19,22)(H,20,23). The van der Waals surface area contributed by atoms with Crippen molar-refractivity contribution in [1.82, 2.24) is 9.62 Å². The Labute approximate surface area is 162 Å². The van der Waals surface area contributed by atoms with Crippen molar-refractivity contribution in [3.63, 3.8) is 0 Å². The number of amides is 2. The quantitative estimate of drug-likeness (QED) is 0.795. The Balaban J connectivity index is 1.59. The lowest BCUT2D eigenvalue weighted by molar-refractivity contribution is -0.114. The Morgan fingerprint density at radius 1 is 1.11 bits per heavy atom. The number of rotatable bonds is 5. The molecule has 7 nitrogen and oxygen atoms in total. The van der Waals surface area contributed by atoms with E-state index in [2.05, 4.69) is 10.6 Å². The molecule has 3 rings (SSSR count). The smallest absolute Gasteiger partial charge is 0.261 e. The minimum atomic E-state index is -3.59. The van der Waals surface area contributed by atoms with Gasteiger partial charge in [-0.1, -0.05) is 6.07 Å². The van der Waals surface area contributed by atoms with Crippen molar-refractivity contribution in [2.75, 3.05) is 18.4 Å². The van der Waals surface area contributed by atoms with E-state index in [0.29, 0.717) is 36.5 Å². The van der Waals surface area contributed by atoms with Gasteiger partial charge in [-0.2, -0.15) is 4.31 Å². The molecule has 1 saturated heterocycles. The molecule has 9 heteroatoms. The number of sulfonamides is 1. The lowest BCUT2D eigenvalue weighted by Gasteiger charge is -2.31. The zero-order valence-corrected chi connectivity index (χ0v) is 16.5. The Morgan fingerprint density at radius 2 is 1.78 bits per heavy atom. The maximum Gasteiger partial charge on any atom is 0.261 e. The van der Waals surface area contributed by atoms with Gasteiger partial charge in [0.05, 0.1) is 9.77 Å². The van der Waals surface area contributed by atoms with E-state index in [-0.39, 0.29) is 22.8 Å². The van der Waals surface area contributed by atoms with Crippen LogP contribution in [0.25, 0.3) is 0 Å². The summed E-state index contributed by atoms with van der Waals surface area (Å²) in [7, 11) is -3.59. The van der Waals surface area contributed by atoms with Gasteiger partial charge in [0.2, 0.25) is 15.9 Å². The molecule has 1 fully saturated rings. The van der Waals surface area contributed by atoms with Crippen LogP contribution in [0.2, 0.25) is 0 Å². The molecule has 1 aliphatic rings. The molecule has 0 aliphatic carbocycles. The second-order valence-electron chi connectivity index (χ2n) is 6.33. The molecule has 2 heterocycles. The molecule has 2 N–H and O–H groups in total. The average molecular weight is 408 g/mol. The predicted octanol–water partition coefficient (Wildman–Crippen LogP) is 2.29. The van der Waals surface area contributed by atoms with Crippen LogP contribution in [0.1, 0.15) is 29.4 Å². The van der Waals surface area contributed by atoms with Gasteiger partial charge in [-0.25, -0.2) is 8.42 Å². The molecule has 1 aromatic carbocycles. The molecule has 0 spiro atoms. The highest BCUT2D eigenvalue weighted by Crippen LogP contribution is 2.22. The summed E-state index contributed by atoms with van der Waals surface area (Å²) in [5.74, 6) is -0.322. The van der Waals surface area contributed by atoms with Gasteiger partial charge in [-0.3, -0.25) is 9.59 Å². The van der Waals surface area contributed by atoms with Crippen LogP contribution in [0.5, 0.6) is 0 Å². The van der Waals surface area contributed by atoms with Crippen LogP contribution in [-0.2, 0) is 14.8 Å². The highest BCUT2D eigenvalue weighted by molar-refractivity contribution is 7.89. The first-order chi connectivity index (χ1) is 12.9. The van der Waals surface area contributed by atoms with Crippen molar-refractivity contribution in [1.29, 1.82) is 0 Å². The maximum absolute atomic E-state index is 12.8. The fourth-order valence-electron chi connectivity index (χ4n) is 2.97. The monoisotopic (exact) mass is 407 g/mol. The van der Waals surface area contributed by atoms with Crippen LogP contribution in [0.4, 0.5) is 5.69 Å². The van der Waals surface area contributed by atoms with Crippen molar-refractivity contribution in [2.24, 2.45) is 0 Å². The van der Waals surface area contributed by atoms with Crippen molar-refractivity contribution >= 4 is 38.9 Å². The van der Waals surface area contributed by atoms with Gasteiger partial charge in [-0.05, 0) is 48.6 Å². The van der Waals surface area contributed by atoms with Gasteiger partial charge < -0.3 is 10.6 Å². The number of piperidine rings is 1. The molecular weight excluding hydrogens is 386 g/mol. The summed E-state index contributed by atoms with van der Waals surface area (Å²) in [4.78, 5) is 24.0. The number of thiophene rings is 1. The van der Waals surface area contributed by atoms with Crippen LogP contribution in [0.15, 0.2) is 46.7 Å². The van der Waals surface area contributed by atoms with Crippen LogP contribution in [-0.4, -0.2) is 43.7 Å². The fourth-order valence-corrected chi connectivity index (χ4v) is 5.06. The molecule has 0 radical (unpaired) electrons. The number of hydrogen-bond donors (Lipinski definition) is 2. The summed E-state index contributed by atoms with van der Waals surface area (Å²) < 4.78 is 27.0. The minimum absolute atomic E-state index is 0.0341. The fraction of sp³-hybridized carbons (Fsp3) is 0.333. The Bertz CT molecular complexity index is 901. The molecule has 0 bridgehead atoms. The number of carbonyl (C=O) groups is 2. The van der Waals surface area contributed by atoms with Crippen LogP contribution < -0.4 is 10.6 Å². The van der Waals surface area contributed by atoms with Gasteiger partial charge in [0.1, 0.15) is 0 Å². The number of carbonyl (C=O) groups excluding carboxylic acids is 2. The van der Waals surface area contributed by atoms with Gasteiger partial charge in [0.25, 0.3) is 5.91 Å². The lowest BCUT2D eigenvalue weighted by Crippen LogP contribution is -2.46. The second-order valence-corrected chi connectivity index (χ2v) is 9.22. The average Bonchev–Trinajstić information content (AvgIpc) is 3.17. The summed E-state index contributed by atoms with van der Waals surface area (Å²) >= 11 is 1.38. The molecule has 144 valence electrons. The predicted molar refractivity (Wildman–Crippen MR) is 104 cm³/mol. The third kappa shape index (κ3) is 4.74. The zero-order valence-electron chi connectivity index (χ0n) is 14.8. The molecule has 2 aromatic rings. The van der Waals surface area contributed by atoms with Gasteiger partial charge in [-0.15, -0.1) is 11.3 Å². The van der Waals surface area contributed by atoms with E-state index in [9.17, 15) is 18.0 Å². The number of nitrogens with zero attached hydrogens (tertiary/aromatic N) is 1. The Morgan fingerprint density at radius 3 is 2.33 bits per heavy atom. The first kappa shape index (κ1) is 19.5. The lowest BCUT2D eigenvalue weighted by atomic mass is 10.1. The number of nitrogens with one attached hydrogen (secondary N) is 2. The molecule has 1 aromatic heterocycles. The van der Waals surface area contributed by atoms with E-state index in [1.165, 1.54) is 34.7 Å². The van der Waals surface area contributed by atoms with Crippen LogP contribution >= 0.6 is 11.3 Å². The third-order valence-electron chi connectivity index (χ3n) is 4.35. The van der Waals surface area contributed by atoms with E-state index >= 15 is 0 Å². The van der Waals surface area contributed by atoms with Crippen molar-refractivity contribution < 1.29 is 18.0 Å². The molecule has 0 unspecified atom stereocenters. The molecule has 2 amide bonds. The molecule has 0 saturated carbocycles. The number of anilines is 1. The zero-order chi connectivity index (χ0) is 19.4. The third-order valence-corrected chi connectivity index (χ3v) is 7.13. The first-order valence-electron chi connectivity index (χ1n) is 8.58. The summed E-state index contributed by atoms with van der Waals surface area (Å²) in [6, 6.07) is 9.69.